The van der Waals surface area contributed by atoms with Crippen LogP contribution in [0.1, 0.15) is 40.5 Å². The SMILES string of the molecule is C=C(C)C(=O)OC1CC(C)(O)CC(OC(C)=O)C=C(C)C=C2OC(=O)C(CO)=C21. The molecule has 0 amide bonds. The van der Waals surface area contributed by atoms with Crippen molar-refractivity contribution in [1.82, 2.24) is 0 Å². The fraction of sp³-hybridized carbons (Fsp3) is 0.476. The Bertz CT molecular complexity index is 828. The largest absolute Gasteiger partial charge is 0.458 e. The quantitative estimate of drug-likeness (QED) is 0.411. The van der Waals surface area contributed by atoms with Crippen LogP contribution in [-0.2, 0) is 28.6 Å². The Kier molecular flexibility index (Phi) is 6.81. The molecule has 0 radical (unpaired) electrons. The van der Waals surface area contributed by atoms with Crippen molar-refractivity contribution in [3.63, 3.8) is 0 Å². The maximum atomic E-state index is 12.2. The monoisotopic (exact) mass is 406 g/mol. The van der Waals surface area contributed by atoms with E-state index in [1.165, 1.54) is 26.8 Å². The summed E-state index contributed by atoms with van der Waals surface area (Å²) in [5.74, 6) is -1.88. The lowest BCUT2D eigenvalue weighted by atomic mass is 9.86. The van der Waals surface area contributed by atoms with Crippen molar-refractivity contribution >= 4 is 17.9 Å². The zero-order valence-electron chi connectivity index (χ0n) is 17.0. The molecular formula is C21H26O8. The Labute approximate surface area is 169 Å². The fourth-order valence-electron chi connectivity index (χ4n) is 3.33. The number of hydrogen-bond donors (Lipinski definition) is 2. The van der Waals surface area contributed by atoms with E-state index >= 15 is 0 Å². The van der Waals surface area contributed by atoms with E-state index in [-0.39, 0.29) is 35.3 Å². The number of allylic oxidation sites excluding steroid dienone is 2. The van der Waals surface area contributed by atoms with Gasteiger partial charge in [0, 0.05) is 30.9 Å². The van der Waals surface area contributed by atoms with E-state index in [0.717, 1.165) is 0 Å². The first-order chi connectivity index (χ1) is 13.4. The maximum absolute atomic E-state index is 12.2. The maximum Gasteiger partial charge on any atom is 0.342 e. The van der Waals surface area contributed by atoms with Gasteiger partial charge in [0.2, 0.25) is 0 Å². The van der Waals surface area contributed by atoms with Gasteiger partial charge in [-0.25, -0.2) is 9.59 Å². The van der Waals surface area contributed by atoms with Crippen LogP contribution in [0.2, 0.25) is 0 Å². The highest BCUT2D eigenvalue weighted by molar-refractivity contribution is 5.95. The van der Waals surface area contributed by atoms with Crippen LogP contribution in [0.3, 0.4) is 0 Å². The van der Waals surface area contributed by atoms with Gasteiger partial charge in [0.05, 0.1) is 17.8 Å². The van der Waals surface area contributed by atoms with Crippen molar-refractivity contribution < 1.29 is 38.8 Å². The summed E-state index contributed by atoms with van der Waals surface area (Å²) < 4.78 is 16.0. The molecule has 2 aliphatic rings. The van der Waals surface area contributed by atoms with Crippen LogP contribution < -0.4 is 0 Å². The average Bonchev–Trinajstić information content (AvgIpc) is 2.86. The number of fused-ring (bicyclic) bond motifs is 1. The molecule has 2 rings (SSSR count). The molecule has 29 heavy (non-hydrogen) atoms. The average molecular weight is 406 g/mol. The summed E-state index contributed by atoms with van der Waals surface area (Å²) in [5.41, 5.74) is -0.558. The molecule has 0 fully saturated rings. The highest BCUT2D eigenvalue weighted by Crippen LogP contribution is 2.37. The summed E-state index contributed by atoms with van der Waals surface area (Å²) >= 11 is 0. The third-order valence-corrected chi connectivity index (χ3v) is 4.51. The number of rotatable bonds is 4. The van der Waals surface area contributed by atoms with Crippen LogP contribution in [0.4, 0.5) is 0 Å². The summed E-state index contributed by atoms with van der Waals surface area (Å²) in [6.45, 7) is 8.88. The van der Waals surface area contributed by atoms with E-state index in [0.29, 0.717) is 5.57 Å². The smallest absolute Gasteiger partial charge is 0.342 e. The van der Waals surface area contributed by atoms with Crippen LogP contribution in [-0.4, -0.2) is 52.5 Å². The second-order valence-corrected chi connectivity index (χ2v) is 7.59. The number of aliphatic hydroxyl groups is 2. The third kappa shape index (κ3) is 5.65. The molecule has 3 atom stereocenters. The number of carbonyl (C=O) groups is 3. The Balaban J connectivity index is 2.62. The van der Waals surface area contributed by atoms with Crippen LogP contribution >= 0.6 is 0 Å². The summed E-state index contributed by atoms with van der Waals surface area (Å²) in [4.78, 5) is 35.9. The van der Waals surface area contributed by atoms with Crippen LogP contribution in [0.15, 0.2) is 46.8 Å². The van der Waals surface area contributed by atoms with Crippen molar-refractivity contribution in [3.05, 3.63) is 46.8 Å². The van der Waals surface area contributed by atoms with E-state index in [2.05, 4.69) is 6.58 Å². The van der Waals surface area contributed by atoms with Crippen molar-refractivity contribution in [2.24, 2.45) is 0 Å². The molecule has 2 N–H and O–H groups in total. The molecule has 1 aliphatic carbocycles. The first kappa shape index (κ1) is 22.6. The van der Waals surface area contributed by atoms with Crippen molar-refractivity contribution in [2.45, 2.75) is 58.3 Å². The van der Waals surface area contributed by atoms with E-state index in [1.807, 2.05) is 0 Å². The molecule has 0 aromatic heterocycles. The third-order valence-electron chi connectivity index (χ3n) is 4.51. The molecule has 3 unspecified atom stereocenters. The first-order valence-electron chi connectivity index (χ1n) is 9.16. The Morgan fingerprint density at radius 3 is 2.52 bits per heavy atom. The van der Waals surface area contributed by atoms with Gasteiger partial charge in [0.25, 0.3) is 0 Å². The molecule has 0 saturated carbocycles. The summed E-state index contributed by atoms with van der Waals surface area (Å²) in [6, 6.07) is 0. The topological polar surface area (TPSA) is 119 Å². The predicted octanol–water partition coefficient (Wildman–Crippen LogP) is 1.63. The lowest BCUT2D eigenvalue weighted by Crippen LogP contribution is -2.38. The molecule has 0 aromatic rings. The molecule has 0 saturated heterocycles. The van der Waals surface area contributed by atoms with Crippen LogP contribution in [0.25, 0.3) is 0 Å². The van der Waals surface area contributed by atoms with Gasteiger partial charge in [-0.05, 0) is 38.5 Å². The highest BCUT2D eigenvalue weighted by atomic mass is 16.6. The molecular weight excluding hydrogens is 380 g/mol. The minimum atomic E-state index is -1.45. The first-order valence-corrected chi connectivity index (χ1v) is 9.16. The minimum absolute atomic E-state index is 0.0325. The second-order valence-electron chi connectivity index (χ2n) is 7.59. The molecule has 1 heterocycles. The predicted molar refractivity (Wildman–Crippen MR) is 102 cm³/mol. The van der Waals surface area contributed by atoms with Crippen molar-refractivity contribution in [3.8, 4) is 0 Å². The van der Waals surface area contributed by atoms with E-state index in [9.17, 15) is 24.6 Å². The Hall–Kier alpha value is -2.71. The molecule has 8 heteroatoms. The second kappa shape index (κ2) is 8.75. The van der Waals surface area contributed by atoms with Gasteiger partial charge >= 0.3 is 17.9 Å². The van der Waals surface area contributed by atoms with Crippen molar-refractivity contribution in [2.75, 3.05) is 6.61 Å². The number of hydrogen-bond acceptors (Lipinski definition) is 8. The van der Waals surface area contributed by atoms with Gasteiger partial charge in [-0.3, -0.25) is 4.79 Å². The van der Waals surface area contributed by atoms with Gasteiger partial charge in [-0.2, -0.15) is 0 Å². The van der Waals surface area contributed by atoms with E-state index in [1.54, 1.807) is 13.0 Å². The number of ether oxygens (including phenoxy) is 3. The Morgan fingerprint density at radius 1 is 1.31 bits per heavy atom. The number of aliphatic hydroxyl groups excluding tert-OH is 1. The summed E-state index contributed by atoms with van der Waals surface area (Å²) in [6.07, 6.45) is 1.25. The fourth-order valence-corrected chi connectivity index (χ4v) is 3.33. The van der Waals surface area contributed by atoms with Gasteiger partial charge in [-0.15, -0.1) is 0 Å². The molecule has 0 aromatic carbocycles. The zero-order chi connectivity index (χ0) is 21.9. The van der Waals surface area contributed by atoms with Gasteiger partial charge in [0.1, 0.15) is 18.0 Å². The van der Waals surface area contributed by atoms with Crippen LogP contribution in [0.5, 0.6) is 0 Å². The minimum Gasteiger partial charge on any atom is -0.458 e. The molecule has 158 valence electrons. The van der Waals surface area contributed by atoms with E-state index in [4.69, 9.17) is 14.2 Å². The van der Waals surface area contributed by atoms with Crippen LogP contribution in [0, 0.1) is 0 Å². The van der Waals surface area contributed by atoms with E-state index < -0.39 is 42.3 Å². The molecule has 0 bridgehead atoms. The number of carbonyl (C=O) groups excluding carboxylic acids is 3. The Morgan fingerprint density at radius 2 is 1.97 bits per heavy atom. The van der Waals surface area contributed by atoms with Crippen molar-refractivity contribution in [1.29, 1.82) is 0 Å². The molecule has 1 aliphatic heterocycles. The lowest BCUT2D eigenvalue weighted by Gasteiger charge is -2.32. The van der Waals surface area contributed by atoms with Gasteiger partial charge < -0.3 is 24.4 Å². The van der Waals surface area contributed by atoms with Gasteiger partial charge in [0.15, 0.2) is 0 Å². The highest BCUT2D eigenvalue weighted by Gasteiger charge is 2.41. The summed E-state index contributed by atoms with van der Waals surface area (Å²) in [7, 11) is 0. The zero-order valence-corrected chi connectivity index (χ0v) is 17.0. The normalized spacial score (nSPS) is 27.3. The lowest BCUT2D eigenvalue weighted by molar-refractivity contribution is -0.148. The summed E-state index contributed by atoms with van der Waals surface area (Å²) in [5, 5.41) is 20.7. The standard InChI is InChI=1S/C21H26O8/c1-11(2)19(24)29-17-9-21(5,26)8-14(27-13(4)23)6-12(3)7-16-18(17)15(10-22)20(25)28-16/h6-7,14,17,22,26H,1,8-10H2,2-5H3. The number of esters is 3. The molecule has 0 spiro atoms. The molecule has 8 nitrogen and oxygen atoms in total. The van der Waals surface area contributed by atoms with Gasteiger partial charge in [-0.1, -0.05) is 6.58 Å².